The molecule has 9 heteroatoms. The first-order valence-electron chi connectivity index (χ1n) is 11.3. The molecule has 0 unspecified atom stereocenters. The number of carbonyl (C=O) groups is 1. The number of rotatable bonds is 8. The number of halogens is 1. The van der Waals surface area contributed by atoms with Gasteiger partial charge in [-0.2, -0.15) is 17.0 Å². The third-order valence-electron chi connectivity index (χ3n) is 6.21. The van der Waals surface area contributed by atoms with Crippen LogP contribution in [0.3, 0.4) is 0 Å². The van der Waals surface area contributed by atoms with E-state index >= 15 is 0 Å². The Morgan fingerprint density at radius 2 is 1.87 bits per heavy atom. The van der Waals surface area contributed by atoms with E-state index in [2.05, 4.69) is 0 Å². The molecule has 31 heavy (non-hydrogen) atoms. The monoisotopic (exact) mass is 471 g/mol. The molecule has 7 nitrogen and oxygen atoms in total. The third-order valence-corrected chi connectivity index (χ3v) is 8.60. The van der Waals surface area contributed by atoms with Gasteiger partial charge in [0.15, 0.2) is 0 Å². The molecule has 2 fully saturated rings. The highest BCUT2D eigenvalue weighted by Gasteiger charge is 2.39. The first-order valence-corrected chi connectivity index (χ1v) is 13.1. The summed E-state index contributed by atoms with van der Waals surface area (Å²) in [5.41, 5.74) is 0. The van der Waals surface area contributed by atoms with E-state index in [1.165, 1.54) is 8.61 Å². The Labute approximate surface area is 191 Å². The largest absolute Gasteiger partial charge is 0.490 e. The van der Waals surface area contributed by atoms with Crippen LogP contribution in [0.15, 0.2) is 24.3 Å². The fraction of sp³-hybridized carbons (Fsp3) is 0.682. The SMILES string of the molecule is CCN(CC)S(=O)(=O)N1CC[C@H](Oc2cccc(Cl)c2)[C@@H](CC(=O)N2CCCCC2)C1. The van der Waals surface area contributed by atoms with E-state index in [0.29, 0.717) is 36.8 Å². The van der Waals surface area contributed by atoms with E-state index < -0.39 is 10.2 Å². The average Bonchev–Trinajstić information content (AvgIpc) is 2.76. The molecule has 0 saturated carbocycles. The highest BCUT2D eigenvalue weighted by Crippen LogP contribution is 2.30. The molecule has 1 amide bonds. The van der Waals surface area contributed by atoms with Crippen LogP contribution in [0, 0.1) is 5.92 Å². The normalized spacial score (nSPS) is 23.2. The van der Waals surface area contributed by atoms with E-state index in [1.54, 1.807) is 12.1 Å². The van der Waals surface area contributed by atoms with Gasteiger partial charge >= 0.3 is 0 Å². The van der Waals surface area contributed by atoms with Gasteiger partial charge in [0.05, 0.1) is 0 Å². The topological polar surface area (TPSA) is 70.2 Å². The molecule has 0 N–H and O–H groups in total. The van der Waals surface area contributed by atoms with Crippen LogP contribution < -0.4 is 4.74 Å². The van der Waals surface area contributed by atoms with Crippen molar-refractivity contribution in [2.45, 2.75) is 52.1 Å². The van der Waals surface area contributed by atoms with Crippen LogP contribution in [0.4, 0.5) is 0 Å². The molecule has 2 saturated heterocycles. The minimum absolute atomic E-state index is 0.0893. The summed E-state index contributed by atoms with van der Waals surface area (Å²) >= 11 is 6.10. The molecule has 2 aliphatic heterocycles. The molecule has 2 heterocycles. The van der Waals surface area contributed by atoms with Crippen molar-refractivity contribution in [3.05, 3.63) is 29.3 Å². The van der Waals surface area contributed by atoms with Gasteiger partial charge in [0, 0.05) is 56.6 Å². The Morgan fingerprint density at radius 1 is 1.16 bits per heavy atom. The number of piperidine rings is 2. The second kappa shape index (κ2) is 11.0. The van der Waals surface area contributed by atoms with Crippen LogP contribution in [0.2, 0.25) is 5.02 Å². The number of hydrogen-bond acceptors (Lipinski definition) is 4. The Kier molecular flexibility index (Phi) is 8.61. The van der Waals surface area contributed by atoms with Crippen LogP contribution in [0.1, 0.15) is 46.0 Å². The number of likely N-dealkylation sites (tertiary alicyclic amines) is 1. The number of hydrogen-bond donors (Lipinski definition) is 0. The fourth-order valence-electron chi connectivity index (χ4n) is 4.46. The summed E-state index contributed by atoms with van der Waals surface area (Å²) in [5, 5.41) is 0.583. The van der Waals surface area contributed by atoms with Crippen molar-refractivity contribution >= 4 is 27.7 Å². The van der Waals surface area contributed by atoms with Crippen LogP contribution in [0.25, 0.3) is 0 Å². The maximum atomic E-state index is 13.1. The quantitative estimate of drug-likeness (QED) is 0.582. The summed E-state index contributed by atoms with van der Waals surface area (Å²) in [6.45, 7) is 6.76. The van der Waals surface area contributed by atoms with E-state index in [4.69, 9.17) is 16.3 Å². The van der Waals surface area contributed by atoms with Gasteiger partial charge in [-0.05, 0) is 43.9 Å². The van der Waals surface area contributed by atoms with Gasteiger partial charge < -0.3 is 9.64 Å². The molecule has 0 aliphatic carbocycles. The van der Waals surface area contributed by atoms with Crippen LogP contribution in [0.5, 0.6) is 5.75 Å². The first kappa shape index (κ1) is 24.3. The molecule has 2 aliphatic rings. The molecule has 174 valence electrons. The predicted molar refractivity (Wildman–Crippen MR) is 122 cm³/mol. The Bertz CT molecular complexity index is 841. The van der Waals surface area contributed by atoms with E-state index in [0.717, 1.165) is 32.4 Å². The molecule has 0 aromatic heterocycles. The number of nitrogens with zero attached hydrogens (tertiary/aromatic N) is 3. The summed E-state index contributed by atoms with van der Waals surface area (Å²) in [4.78, 5) is 14.9. The predicted octanol–water partition coefficient (Wildman–Crippen LogP) is 3.40. The lowest BCUT2D eigenvalue weighted by molar-refractivity contribution is -0.134. The zero-order valence-corrected chi connectivity index (χ0v) is 20.1. The Balaban J connectivity index is 1.77. The molecular formula is C22H34ClN3O4S. The van der Waals surface area contributed by atoms with E-state index in [-0.39, 0.29) is 30.9 Å². The summed E-state index contributed by atoms with van der Waals surface area (Å²) in [6.07, 6.45) is 3.79. The van der Waals surface area contributed by atoms with Crippen molar-refractivity contribution in [2.75, 3.05) is 39.3 Å². The molecule has 3 rings (SSSR count). The van der Waals surface area contributed by atoms with Gasteiger partial charge in [0.1, 0.15) is 11.9 Å². The first-order chi connectivity index (χ1) is 14.8. The zero-order valence-electron chi connectivity index (χ0n) is 18.5. The molecule has 1 aromatic carbocycles. The second-order valence-electron chi connectivity index (χ2n) is 8.26. The van der Waals surface area contributed by atoms with Gasteiger partial charge in [0.2, 0.25) is 5.91 Å². The number of amides is 1. The van der Waals surface area contributed by atoms with Crippen LogP contribution in [-0.2, 0) is 15.0 Å². The summed E-state index contributed by atoms with van der Waals surface area (Å²) in [7, 11) is -3.56. The lowest BCUT2D eigenvalue weighted by Crippen LogP contribution is -2.53. The van der Waals surface area contributed by atoms with Crippen molar-refractivity contribution in [3.63, 3.8) is 0 Å². The lowest BCUT2D eigenvalue weighted by Gasteiger charge is -2.40. The van der Waals surface area contributed by atoms with E-state index in [9.17, 15) is 13.2 Å². The Hall–Kier alpha value is -1.35. The zero-order chi connectivity index (χ0) is 22.4. The van der Waals surface area contributed by atoms with Gasteiger partial charge in [-0.15, -0.1) is 0 Å². The van der Waals surface area contributed by atoms with Crippen molar-refractivity contribution in [1.29, 1.82) is 0 Å². The molecule has 0 bridgehead atoms. The van der Waals surface area contributed by atoms with Crippen LogP contribution >= 0.6 is 11.6 Å². The maximum absolute atomic E-state index is 13.1. The minimum atomic E-state index is -3.56. The van der Waals surface area contributed by atoms with Crippen molar-refractivity contribution < 1.29 is 17.9 Å². The molecule has 0 radical (unpaired) electrons. The summed E-state index contributed by atoms with van der Waals surface area (Å²) < 4.78 is 35.4. The Morgan fingerprint density at radius 3 is 2.52 bits per heavy atom. The smallest absolute Gasteiger partial charge is 0.281 e. The van der Waals surface area contributed by atoms with E-state index in [1.807, 2.05) is 30.9 Å². The maximum Gasteiger partial charge on any atom is 0.281 e. The van der Waals surface area contributed by atoms with Crippen molar-refractivity contribution in [2.24, 2.45) is 5.92 Å². The third kappa shape index (κ3) is 6.12. The molecule has 0 spiro atoms. The molecule has 1 aromatic rings. The van der Waals surface area contributed by atoms with Gasteiger partial charge in [-0.1, -0.05) is 31.5 Å². The van der Waals surface area contributed by atoms with Crippen LogP contribution in [-0.4, -0.2) is 73.2 Å². The molecular weight excluding hydrogens is 438 g/mol. The average molecular weight is 472 g/mol. The standard InChI is InChI=1S/C22H34ClN3O4S/c1-3-25(4-2)31(28,29)26-14-11-21(30-20-10-8-9-19(23)16-20)18(17-26)15-22(27)24-12-6-5-7-13-24/h8-10,16,18,21H,3-7,11-15,17H2,1-2H3/t18-,21-/m0/s1. The summed E-state index contributed by atoms with van der Waals surface area (Å²) in [6, 6.07) is 7.20. The van der Waals surface area contributed by atoms with Gasteiger partial charge in [-0.3, -0.25) is 4.79 Å². The van der Waals surface area contributed by atoms with Crippen molar-refractivity contribution in [3.8, 4) is 5.75 Å². The van der Waals surface area contributed by atoms with Crippen molar-refractivity contribution in [1.82, 2.24) is 13.5 Å². The highest BCUT2D eigenvalue weighted by molar-refractivity contribution is 7.86. The minimum Gasteiger partial charge on any atom is -0.490 e. The highest BCUT2D eigenvalue weighted by atomic mass is 35.5. The molecule has 2 atom stereocenters. The number of carbonyl (C=O) groups excluding carboxylic acids is 1. The second-order valence-corrected chi connectivity index (χ2v) is 10.6. The van der Waals surface area contributed by atoms with Gasteiger partial charge in [-0.25, -0.2) is 0 Å². The fourth-order valence-corrected chi connectivity index (χ4v) is 6.34. The number of benzene rings is 1. The number of ether oxygens (including phenoxy) is 1. The summed E-state index contributed by atoms with van der Waals surface area (Å²) in [5.74, 6) is 0.520. The van der Waals surface area contributed by atoms with Gasteiger partial charge in [0.25, 0.3) is 10.2 Å². The lowest BCUT2D eigenvalue weighted by atomic mass is 9.91.